The molecule has 0 saturated carbocycles. The molecule has 0 aromatic heterocycles. The van der Waals surface area contributed by atoms with Crippen molar-refractivity contribution < 1.29 is 22.9 Å². The lowest BCUT2D eigenvalue weighted by molar-refractivity contribution is -0.384. The van der Waals surface area contributed by atoms with E-state index >= 15 is 0 Å². The van der Waals surface area contributed by atoms with Crippen molar-refractivity contribution >= 4 is 44.7 Å². The molecule has 0 spiro atoms. The Balaban J connectivity index is 1.76. The molecular weight excluding hydrogens is 424 g/mol. The Labute approximate surface area is 171 Å². The topological polar surface area (TPSA) is 131 Å². The van der Waals surface area contributed by atoms with Gasteiger partial charge in [0.25, 0.3) is 5.69 Å². The van der Waals surface area contributed by atoms with Crippen LogP contribution in [0.3, 0.4) is 0 Å². The lowest BCUT2D eigenvalue weighted by Gasteiger charge is -2.26. The third-order valence-electron chi connectivity index (χ3n) is 4.09. The van der Waals surface area contributed by atoms with Crippen molar-refractivity contribution in [1.29, 1.82) is 0 Å². The van der Waals surface area contributed by atoms with Crippen molar-refractivity contribution in [3.63, 3.8) is 0 Å². The zero-order valence-corrected chi connectivity index (χ0v) is 16.6. The first-order valence-electron chi connectivity index (χ1n) is 8.47. The summed E-state index contributed by atoms with van der Waals surface area (Å²) in [5, 5.41) is 15.8. The number of morpholine rings is 1. The molecule has 1 heterocycles. The molecule has 2 aromatic rings. The molecular formula is C17H17ClN4O6S. The number of nitrogens with one attached hydrogen (secondary N) is 2. The predicted molar refractivity (Wildman–Crippen MR) is 107 cm³/mol. The Bertz CT molecular complexity index is 1040. The Kier molecular flexibility index (Phi) is 6.33. The zero-order valence-electron chi connectivity index (χ0n) is 15.0. The number of non-ortho nitro benzene ring substituents is 1. The van der Waals surface area contributed by atoms with Crippen LogP contribution in [-0.4, -0.2) is 50.0 Å². The number of carbonyl (C=O) groups is 1. The number of nitro benzene ring substituents is 1. The SMILES string of the molecule is O=C(Nc1cccc([N+](=O)[O-])c1)Nc1ccc(Cl)c(S(=O)(=O)N2CCOCC2)c1. The molecule has 1 saturated heterocycles. The van der Waals surface area contributed by atoms with Crippen molar-refractivity contribution in [2.75, 3.05) is 36.9 Å². The molecule has 2 aromatic carbocycles. The number of hydrogen-bond donors (Lipinski definition) is 2. The Morgan fingerprint density at radius 1 is 1.10 bits per heavy atom. The summed E-state index contributed by atoms with van der Waals surface area (Å²) in [4.78, 5) is 22.3. The minimum absolute atomic E-state index is 0.0288. The Hall–Kier alpha value is -2.73. The number of hydrogen-bond acceptors (Lipinski definition) is 6. The molecule has 0 radical (unpaired) electrons. The summed E-state index contributed by atoms with van der Waals surface area (Å²) in [7, 11) is -3.85. The standard InChI is InChI=1S/C17H17ClN4O6S/c18-15-5-4-13(11-16(15)29(26,27)21-6-8-28-9-7-21)20-17(23)19-12-2-1-3-14(10-12)22(24)25/h1-5,10-11H,6-9H2,(H2,19,20,23). The highest BCUT2D eigenvalue weighted by Gasteiger charge is 2.28. The summed E-state index contributed by atoms with van der Waals surface area (Å²) in [6, 6.07) is 8.82. The summed E-state index contributed by atoms with van der Waals surface area (Å²) in [6.07, 6.45) is 0. The van der Waals surface area contributed by atoms with Crippen molar-refractivity contribution in [3.05, 3.63) is 57.6 Å². The van der Waals surface area contributed by atoms with Crippen molar-refractivity contribution in [3.8, 4) is 0 Å². The van der Waals surface area contributed by atoms with E-state index in [4.69, 9.17) is 16.3 Å². The van der Waals surface area contributed by atoms with E-state index in [2.05, 4.69) is 10.6 Å². The van der Waals surface area contributed by atoms with Gasteiger partial charge < -0.3 is 15.4 Å². The van der Waals surface area contributed by atoms with Crippen LogP contribution < -0.4 is 10.6 Å². The van der Waals surface area contributed by atoms with E-state index in [1.165, 1.54) is 46.8 Å². The molecule has 0 unspecified atom stereocenters. The fourth-order valence-electron chi connectivity index (χ4n) is 2.70. The molecule has 29 heavy (non-hydrogen) atoms. The van der Waals surface area contributed by atoms with E-state index in [-0.39, 0.29) is 40.1 Å². The highest BCUT2D eigenvalue weighted by atomic mass is 35.5. The molecule has 1 aliphatic heterocycles. The summed E-state index contributed by atoms with van der Waals surface area (Å²) in [5.41, 5.74) is 0.240. The second-order valence-corrected chi connectivity index (χ2v) is 8.36. The van der Waals surface area contributed by atoms with Crippen LogP contribution in [0.4, 0.5) is 21.9 Å². The van der Waals surface area contributed by atoms with Gasteiger partial charge in [-0.05, 0) is 24.3 Å². The molecule has 1 aliphatic rings. The highest BCUT2D eigenvalue weighted by Crippen LogP contribution is 2.28. The fourth-order valence-corrected chi connectivity index (χ4v) is 4.60. The second-order valence-electron chi connectivity index (χ2n) is 6.05. The third kappa shape index (κ3) is 5.01. The Morgan fingerprint density at radius 2 is 1.76 bits per heavy atom. The molecule has 154 valence electrons. The van der Waals surface area contributed by atoms with Gasteiger partial charge in [0.1, 0.15) is 4.90 Å². The van der Waals surface area contributed by atoms with E-state index < -0.39 is 21.0 Å². The molecule has 0 bridgehead atoms. The van der Waals surface area contributed by atoms with E-state index in [9.17, 15) is 23.3 Å². The fraction of sp³-hybridized carbons (Fsp3) is 0.235. The Morgan fingerprint density at radius 3 is 2.41 bits per heavy atom. The van der Waals surface area contributed by atoms with Gasteiger partial charge >= 0.3 is 6.03 Å². The number of anilines is 2. The van der Waals surface area contributed by atoms with Crippen LogP contribution in [0, 0.1) is 10.1 Å². The highest BCUT2D eigenvalue weighted by molar-refractivity contribution is 7.89. The van der Waals surface area contributed by atoms with Crippen LogP contribution in [0.25, 0.3) is 0 Å². The number of ether oxygens (including phenoxy) is 1. The normalized spacial score (nSPS) is 14.9. The average molecular weight is 441 g/mol. The predicted octanol–water partition coefficient (Wildman–Crippen LogP) is 2.91. The quantitative estimate of drug-likeness (QED) is 0.542. The number of nitro groups is 1. The average Bonchev–Trinajstić information content (AvgIpc) is 2.70. The van der Waals surface area contributed by atoms with Gasteiger partial charge in [0.2, 0.25) is 10.0 Å². The van der Waals surface area contributed by atoms with Crippen molar-refractivity contribution in [2.45, 2.75) is 4.90 Å². The summed E-state index contributed by atoms with van der Waals surface area (Å²) in [6.45, 7) is 1.01. The minimum atomic E-state index is -3.85. The van der Waals surface area contributed by atoms with Gasteiger partial charge in [-0.25, -0.2) is 13.2 Å². The molecule has 10 nitrogen and oxygen atoms in total. The largest absolute Gasteiger partial charge is 0.379 e. The maximum Gasteiger partial charge on any atom is 0.323 e. The number of carbonyl (C=O) groups excluding carboxylic acids is 1. The van der Waals surface area contributed by atoms with E-state index in [0.29, 0.717) is 13.2 Å². The molecule has 2 amide bonds. The number of benzene rings is 2. The van der Waals surface area contributed by atoms with Gasteiger partial charge in [-0.3, -0.25) is 10.1 Å². The van der Waals surface area contributed by atoms with Crippen LogP contribution in [0.2, 0.25) is 5.02 Å². The van der Waals surface area contributed by atoms with Crippen LogP contribution >= 0.6 is 11.6 Å². The third-order valence-corrected chi connectivity index (χ3v) is 6.47. The van der Waals surface area contributed by atoms with E-state index in [1.807, 2.05) is 0 Å². The monoisotopic (exact) mass is 440 g/mol. The van der Waals surface area contributed by atoms with Gasteiger partial charge in [-0.15, -0.1) is 0 Å². The second kappa shape index (κ2) is 8.74. The van der Waals surface area contributed by atoms with Crippen molar-refractivity contribution in [1.82, 2.24) is 4.31 Å². The summed E-state index contributed by atoms with van der Waals surface area (Å²) in [5.74, 6) is 0. The first-order valence-corrected chi connectivity index (χ1v) is 10.3. The lowest BCUT2D eigenvalue weighted by Crippen LogP contribution is -2.40. The van der Waals surface area contributed by atoms with Crippen molar-refractivity contribution in [2.24, 2.45) is 0 Å². The first-order chi connectivity index (χ1) is 13.8. The summed E-state index contributed by atoms with van der Waals surface area (Å²) < 4.78 is 32.1. The van der Waals surface area contributed by atoms with E-state index in [0.717, 1.165) is 0 Å². The maximum absolute atomic E-state index is 12.8. The molecule has 3 rings (SSSR count). The molecule has 0 aliphatic carbocycles. The minimum Gasteiger partial charge on any atom is -0.379 e. The van der Waals surface area contributed by atoms with Gasteiger partial charge in [0.15, 0.2) is 0 Å². The molecule has 2 N–H and O–H groups in total. The van der Waals surface area contributed by atoms with Gasteiger partial charge in [0, 0.05) is 36.6 Å². The number of rotatable bonds is 5. The van der Waals surface area contributed by atoms with Crippen LogP contribution in [0.1, 0.15) is 0 Å². The van der Waals surface area contributed by atoms with Gasteiger partial charge in [-0.1, -0.05) is 17.7 Å². The van der Waals surface area contributed by atoms with Gasteiger partial charge in [0.05, 0.1) is 23.2 Å². The molecule has 12 heteroatoms. The molecule has 1 fully saturated rings. The lowest BCUT2D eigenvalue weighted by atomic mass is 10.3. The van der Waals surface area contributed by atoms with Crippen LogP contribution in [0.5, 0.6) is 0 Å². The van der Waals surface area contributed by atoms with E-state index in [1.54, 1.807) is 0 Å². The number of nitrogens with zero attached hydrogens (tertiary/aromatic N) is 2. The first kappa shape index (κ1) is 21.0. The number of sulfonamides is 1. The van der Waals surface area contributed by atoms with Crippen LogP contribution in [-0.2, 0) is 14.8 Å². The number of halogens is 1. The summed E-state index contributed by atoms with van der Waals surface area (Å²) >= 11 is 6.08. The van der Waals surface area contributed by atoms with Crippen LogP contribution in [0.15, 0.2) is 47.4 Å². The number of urea groups is 1. The zero-order chi connectivity index (χ0) is 21.0. The molecule has 0 atom stereocenters. The smallest absolute Gasteiger partial charge is 0.323 e. The number of amides is 2. The van der Waals surface area contributed by atoms with Gasteiger partial charge in [-0.2, -0.15) is 4.31 Å². The maximum atomic E-state index is 12.8.